The summed E-state index contributed by atoms with van der Waals surface area (Å²) >= 11 is 1.77. The van der Waals surface area contributed by atoms with E-state index >= 15 is 0 Å². The van der Waals surface area contributed by atoms with Crippen molar-refractivity contribution in [2.24, 2.45) is 5.92 Å². The number of thioether (sulfide) groups is 1. The summed E-state index contributed by atoms with van der Waals surface area (Å²) in [6, 6.07) is 14.6. The number of carboxylic acids is 1. The molecule has 5 rings (SSSR count). The van der Waals surface area contributed by atoms with Crippen LogP contribution >= 0.6 is 11.8 Å². The molecule has 0 saturated carbocycles. The van der Waals surface area contributed by atoms with Crippen molar-refractivity contribution < 1.29 is 19.4 Å². The van der Waals surface area contributed by atoms with Gasteiger partial charge < -0.3 is 25.5 Å². The van der Waals surface area contributed by atoms with E-state index in [4.69, 9.17) is 9.84 Å². The minimum Gasteiger partial charge on any atom is -0.481 e. The Kier molecular flexibility index (Phi) is 7.48. The van der Waals surface area contributed by atoms with Crippen LogP contribution in [0.15, 0.2) is 47.4 Å². The number of carbonyl (C=O) groups is 2. The topological polar surface area (TPSA) is 103 Å². The number of para-hydroxylation sites is 1. The lowest BCUT2D eigenvalue weighted by molar-refractivity contribution is -0.142. The molecule has 0 spiro atoms. The van der Waals surface area contributed by atoms with Gasteiger partial charge in [0.25, 0.3) is 0 Å². The fourth-order valence-corrected chi connectivity index (χ4v) is 5.30. The molecular weight excluding hydrogens is 450 g/mol. The highest BCUT2D eigenvalue weighted by atomic mass is 32.2. The number of aromatic amines is 1. The number of aromatic nitrogens is 1. The van der Waals surface area contributed by atoms with Gasteiger partial charge in [0.15, 0.2) is 0 Å². The average Bonchev–Trinajstić information content (AvgIpc) is 3.42. The summed E-state index contributed by atoms with van der Waals surface area (Å²) in [6.07, 6.45) is 1.55. The normalized spacial score (nSPS) is 17.2. The molecule has 2 aliphatic heterocycles. The van der Waals surface area contributed by atoms with Crippen LogP contribution in [0, 0.1) is 5.92 Å². The number of ether oxygens (including phenoxy) is 1. The molecule has 4 N–H and O–H groups in total. The number of carboxylic acid groups (broad SMARTS) is 1. The van der Waals surface area contributed by atoms with Gasteiger partial charge in [-0.25, -0.2) is 4.79 Å². The molecule has 34 heavy (non-hydrogen) atoms. The van der Waals surface area contributed by atoms with Crippen LogP contribution in [0.4, 0.5) is 0 Å². The smallest absolute Gasteiger partial charge is 0.326 e. The Morgan fingerprint density at radius 3 is 2.76 bits per heavy atom. The van der Waals surface area contributed by atoms with Gasteiger partial charge >= 0.3 is 5.97 Å². The number of aliphatic carboxylic acids is 1. The highest BCUT2D eigenvalue weighted by Crippen LogP contribution is 2.40. The molecular formula is C26H31N3O4S. The van der Waals surface area contributed by atoms with E-state index in [0.717, 1.165) is 24.7 Å². The van der Waals surface area contributed by atoms with Crippen LogP contribution in [0.25, 0.3) is 10.9 Å². The molecule has 2 aliphatic rings. The molecule has 2 atom stereocenters. The third kappa shape index (κ3) is 5.39. The lowest BCUT2D eigenvalue weighted by Gasteiger charge is -2.25. The molecule has 0 saturated heterocycles. The predicted molar refractivity (Wildman–Crippen MR) is 134 cm³/mol. The highest BCUT2D eigenvalue weighted by Gasteiger charge is 2.26. The molecule has 0 unspecified atom stereocenters. The maximum atomic E-state index is 10.6. The van der Waals surface area contributed by atoms with E-state index in [2.05, 4.69) is 58.1 Å². The van der Waals surface area contributed by atoms with Gasteiger partial charge in [-0.2, -0.15) is 0 Å². The van der Waals surface area contributed by atoms with E-state index < -0.39 is 12.0 Å². The van der Waals surface area contributed by atoms with Gasteiger partial charge in [0.1, 0.15) is 17.7 Å². The lowest BCUT2D eigenvalue weighted by Crippen LogP contribution is -2.40. The fraction of sp³-hybridized carbons (Fsp3) is 0.385. The molecule has 0 fully saturated rings. The van der Waals surface area contributed by atoms with Crippen molar-refractivity contribution in [2.45, 2.75) is 50.6 Å². The predicted octanol–water partition coefficient (Wildman–Crippen LogP) is 4.47. The first-order chi connectivity index (χ1) is 16.3. The van der Waals surface area contributed by atoms with Crippen LogP contribution in [0.3, 0.4) is 0 Å². The molecule has 8 heteroatoms. The highest BCUT2D eigenvalue weighted by molar-refractivity contribution is 7.99. The summed E-state index contributed by atoms with van der Waals surface area (Å²) < 4.78 is 5.59. The van der Waals surface area contributed by atoms with E-state index in [0.29, 0.717) is 6.42 Å². The largest absolute Gasteiger partial charge is 0.481 e. The molecule has 7 nitrogen and oxygen atoms in total. The SMILES string of the molecule is CC(=O)N[C@H](CC(C)C)C(=O)O.c1ccc2c3c([nH]c2c1)[C@@H](c1ccc2c(c1)SCO2)NCC3. The number of nitrogens with one attached hydrogen (secondary N) is 3. The summed E-state index contributed by atoms with van der Waals surface area (Å²) in [5, 5.41) is 16.1. The van der Waals surface area contributed by atoms with Gasteiger partial charge in [-0.1, -0.05) is 49.9 Å². The molecule has 0 bridgehead atoms. The first-order valence-electron chi connectivity index (χ1n) is 11.6. The molecule has 1 aromatic heterocycles. The van der Waals surface area contributed by atoms with Crippen molar-refractivity contribution in [1.29, 1.82) is 0 Å². The maximum absolute atomic E-state index is 10.6. The number of rotatable bonds is 5. The Bertz CT molecular complexity index is 1190. The minimum atomic E-state index is -0.973. The van der Waals surface area contributed by atoms with Crippen LogP contribution in [0.1, 0.15) is 50.1 Å². The molecule has 3 aromatic rings. The van der Waals surface area contributed by atoms with E-state index in [-0.39, 0.29) is 17.9 Å². The van der Waals surface area contributed by atoms with Gasteiger partial charge in [0.05, 0.1) is 10.9 Å². The standard InChI is InChI=1S/C18H16N2OS.C8H15NO3/c1-2-4-14-12(3-1)13-7-8-19-17(18(13)20-14)11-5-6-15-16(9-11)22-10-21-15;1-5(2)4-7(8(11)12)9-6(3)10/h1-6,9,17,19-20H,7-8,10H2;5,7H,4H2,1-3H3,(H,9,10)(H,11,12)/t17-;7-/m11/s1. The Labute approximate surface area is 203 Å². The quantitative estimate of drug-likeness (QED) is 0.429. The number of hydrogen-bond donors (Lipinski definition) is 4. The zero-order valence-electron chi connectivity index (χ0n) is 19.7. The Morgan fingerprint density at radius 2 is 2.03 bits per heavy atom. The summed E-state index contributed by atoms with van der Waals surface area (Å²) in [5.74, 6) is 0.732. The summed E-state index contributed by atoms with van der Waals surface area (Å²) in [7, 11) is 0. The van der Waals surface area contributed by atoms with E-state index in [1.165, 1.54) is 39.5 Å². The number of hydrogen-bond acceptors (Lipinski definition) is 5. The third-order valence-electron chi connectivity index (χ3n) is 5.97. The van der Waals surface area contributed by atoms with Gasteiger partial charge in [-0.05, 0) is 48.1 Å². The average molecular weight is 482 g/mol. The van der Waals surface area contributed by atoms with Crippen molar-refractivity contribution in [3.05, 3.63) is 59.3 Å². The van der Waals surface area contributed by atoms with Crippen LogP contribution in [0.5, 0.6) is 5.75 Å². The van der Waals surface area contributed by atoms with Gasteiger partial charge in [0.2, 0.25) is 5.91 Å². The number of benzene rings is 2. The van der Waals surface area contributed by atoms with Gasteiger partial charge in [0, 0.05) is 30.1 Å². The minimum absolute atomic E-state index is 0.239. The first-order valence-corrected chi connectivity index (χ1v) is 12.5. The number of amides is 1. The fourth-order valence-electron chi connectivity index (χ4n) is 4.50. The molecule has 3 heterocycles. The van der Waals surface area contributed by atoms with Crippen LogP contribution < -0.4 is 15.4 Å². The Morgan fingerprint density at radius 1 is 1.24 bits per heavy atom. The summed E-state index contributed by atoms with van der Waals surface area (Å²) in [6.45, 7) is 6.16. The second-order valence-corrected chi connectivity index (χ2v) is 10.00. The number of fused-ring (bicyclic) bond motifs is 4. The molecule has 180 valence electrons. The number of carbonyl (C=O) groups excluding carboxylic acids is 1. The number of H-pyrrole nitrogens is 1. The summed E-state index contributed by atoms with van der Waals surface area (Å²) in [5.41, 5.74) is 5.32. The molecule has 1 amide bonds. The third-order valence-corrected chi connectivity index (χ3v) is 6.84. The van der Waals surface area contributed by atoms with Crippen molar-refractivity contribution in [3.8, 4) is 5.75 Å². The van der Waals surface area contributed by atoms with Gasteiger partial charge in [-0.3, -0.25) is 4.79 Å². The molecule has 0 radical (unpaired) electrons. The summed E-state index contributed by atoms with van der Waals surface area (Å²) in [4.78, 5) is 26.0. The van der Waals surface area contributed by atoms with Crippen molar-refractivity contribution >= 4 is 34.5 Å². The van der Waals surface area contributed by atoms with Crippen LogP contribution in [0.2, 0.25) is 0 Å². The Balaban J connectivity index is 0.000000197. The van der Waals surface area contributed by atoms with E-state index in [1.807, 2.05) is 13.8 Å². The zero-order chi connectivity index (χ0) is 24.2. The van der Waals surface area contributed by atoms with Crippen molar-refractivity contribution in [2.75, 3.05) is 12.5 Å². The van der Waals surface area contributed by atoms with Crippen molar-refractivity contribution in [3.63, 3.8) is 0 Å². The van der Waals surface area contributed by atoms with Crippen LogP contribution in [-0.2, 0) is 16.0 Å². The second-order valence-electron chi connectivity index (χ2n) is 9.03. The van der Waals surface area contributed by atoms with E-state index in [9.17, 15) is 9.59 Å². The maximum Gasteiger partial charge on any atom is 0.326 e. The Hall–Kier alpha value is -2.97. The monoisotopic (exact) mass is 481 g/mol. The second kappa shape index (κ2) is 10.5. The lowest BCUT2D eigenvalue weighted by atomic mass is 9.94. The van der Waals surface area contributed by atoms with E-state index in [1.54, 1.807) is 11.8 Å². The zero-order valence-corrected chi connectivity index (χ0v) is 20.5. The molecule has 2 aromatic carbocycles. The van der Waals surface area contributed by atoms with Crippen LogP contribution in [-0.4, -0.2) is 40.5 Å². The first kappa shape index (κ1) is 24.2. The van der Waals surface area contributed by atoms with Gasteiger partial charge in [-0.15, -0.1) is 0 Å². The molecule has 0 aliphatic carbocycles. The van der Waals surface area contributed by atoms with Crippen molar-refractivity contribution in [1.82, 2.24) is 15.6 Å².